The summed E-state index contributed by atoms with van der Waals surface area (Å²) >= 11 is 1.84. The summed E-state index contributed by atoms with van der Waals surface area (Å²) in [5.41, 5.74) is 1.75. The number of carbonyl (C=O) groups excluding carboxylic acids is 1. The van der Waals surface area contributed by atoms with Gasteiger partial charge in [-0.15, -0.1) is 23.7 Å². The van der Waals surface area contributed by atoms with Crippen LogP contribution in [0.1, 0.15) is 29.7 Å². The van der Waals surface area contributed by atoms with Gasteiger partial charge in [0.05, 0.1) is 0 Å². The van der Waals surface area contributed by atoms with E-state index in [4.69, 9.17) is 0 Å². The van der Waals surface area contributed by atoms with Crippen LogP contribution in [0.5, 0.6) is 0 Å². The maximum absolute atomic E-state index is 12.7. The highest BCUT2D eigenvalue weighted by Crippen LogP contribution is 2.59. The van der Waals surface area contributed by atoms with Crippen LogP contribution in [-0.2, 0) is 17.8 Å². The molecule has 5 heteroatoms. The first-order valence-electron chi connectivity index (χ1n) is 7.33. The van der Waals surface area contributed by atoms with Crippen molar-refractivity contribution in [3.05, 3.63) is 21.9 Å². The molecule has 1 aliphatic carbocycles. The van der Waals surface area contributed by atoms with Crippen molar-refractivity contribution in [2.24, 2.45) is 11.3 Å². The van der Waals surface area contributed by atoms with Crippen LogP contribution < -0.4 is 5.32 Å². The minimum Gasteiger partial charge on any atom is -0.338 e. The molecule has 2 aliphatic heterocycles. The van der Waals surface area contributed by atoms with Crippen LogP contribution >= 0.6 is 23.7 Å². The van der Waals surface area contributed by atoms with Crippen molar-refractivity contribution < 1.29 is 4.79 Å². The van der Waals surface area contributed by atoms with E-state index in [0.717, 1.165) is 39.0 Å². The number of rotatable bonds is 1. The number of fused-ring (bicyclic) bond motifs is 1. The lowest BCUT2D eigenvalue weighted by atomic mass is 9.91. The van der Waals surface area contributed by atoms with Crippen LogP contribution in [0.3, 0.4) is 0 Å². The van der Waals surface area contributed by atoms with Crippen LogP contribution in [-0.4, -0.2) is 30.4 Å². The van der Waals surface area contributed by atoms with Crippen LogP contribution in [0, 0.1) is 11.3 Å². The van der Waals surface area contributed by atoms with Gasteiger partial charge < -0.3 is 10.2 Å². The molecule has 110 valence electrons. The van der Waals surface area contributed by atoms with Crippen LogP contribution in [0.2, 0.25) is 0 Å². The van der Waals surface area contributed by atoms with E-state index in [9.17, 15) is 4.79 Å². The lowest BCUT2D eigenvalue weighted by molar-refractivity contribution is -0.134. The molecule has 1 saturated heterocycles. The maximum Gasteiger partial charge on any atom is 0.226 e. The summed E-state index contributed by atoms with van der Waals surface area (Å²) in [5.74, 6) is 0.758. The summed E-state index contributed by atoms with van der Waals surface area (Å²) in [6.07, 6.45) is 4.59. The molecule has 1 spiro atoms. The second kappa shape index (κ2) is 5.32. The lowest BCUT2D eigenvalue weighted by Crippen LogP contribution is -2.39. The largest absolute Gasteiger partial charge is 0.338 e. The van der Waals surface area contributed by atoms with Crippen molar-refractivity contribution in [1.82, 2.24) is 10.2 Å². The van der Waals surface area contributed by atoms with Gasteiger partial charge in [0.1, 0.15) is 0 Å². The molecule has 1 unspecified atom stereocenters. The zero-order valence-corrected chi connectivity index (χ0v) is 13.2. The molecule has 3 nitrogen and oxygen atoms in total. The molecule has 1 amide bonds. The van der Waals surface area contributed by atoms with Gasteiger partial charge in [-0.25, -0.2) is 0 Å². The average molecular weight is 313 g/mol. The van der Waals surface area contributed by atoms with E-state index in [1.807, 2.05) is 11.3 Å². The Morgan fingerprint density at radius 1 is 1.40 bits per heavy atom. The van der Waals surface area contributed by atoms with Crippen molar-refractivity contribution >= 4 is 29.7 Å². The Balaban J connectivity index is 0.00000121. The van der Waals surface area contributed by atoms with E-state index in [1.54, 1.807) is 0 Å². The summed E-state index contributed by atoms with van der Waals surface area (Å²) in [6, 6.07) is 2.19. The number of nitrogens with zero attached hydrogens (tertiary/aromatic N) is 1. The zero-order valence-electron chi connectivity index (χ0n) is 11.6. The van der Waals surface area contributed by atoms with Gasteiger partial charge in [0.25, 0.3) is 0 Å². The first-order chi connectivity index (χ1) is 9.28. The molecule has 4 rings (SSSR count). The maximum atomic E-state index is 12.7. The van der Waals surface area contributed by atoms with Gasteiger partial charge in [-0.3, -0.25) is 4.79 Å². The molecule has 0 aromatic carbocycles. The van der Waals surface area contributed by atoms with Crippen molar-refractivity contribution in [3.8, 4) is 0 Å². The Kier molecular flexibility index (Phi) is 3.82. The second-order valence-corrected chi connectivity index (χ2v) is 7.25. The molecule has 1 atom stereocenters. The van der Waals surface area contributed by atoms with Crippen molar-refractivity contribution in [2.45, 2.75) is 32.2 Å². The van der Waals surface area contributed by atoms with E-state index < -0.39 is 0 Å². The lowest BCUT2D eigenvalue weighted by Gasteiger charge is -2.29. The molecule has 1 aromatic rings. The monoisotopic (exact) mass is 312 g/mol. The summed E-state index contributed by atoms with van der Waals surface area (Å²) < 4.78 is 0. The van der Waals surface area contributed by atoms with E-state index >= 15 is 0 Å². The molecular weight excluding hydrogens is 292 g/mol. The molecule has 3 aliphatic rings. The number of hydrogen-bond donors (Lipinski definition) is 1. The van der Waals surface area contributed by atoms with E-state index in [0.29, 0.717) is 17.2 Å². The molecule has 20 heavy (non-hydrogen) atoms. The minimum absolute atomic E-state index is 0. The Bertz CT molecular complexity index is 510. The fourth-order valence-electron chi connectivity index (χ4n) is 3.83. The molecule has 0 radical (unpaired) electrons. The van der Waals surface area contributed by atoms with Gasteiger partial charge in [0.2, 0.25) is 5.91 Å². The molecule has 2 fully saturated rings. The summed E-state index contributed by atoms with van der Waals surface area (Å²) in [4.78, 5) is 16.3. The van der Waals surface area contributed by atoms with Gasteiger partial charge in [-0.05, 0) is 61.2 Å². The van der Waals surface area contributed by atoms with Crippen LogP contribution in [0.25, 0.3) is 0 Å². The molecule has 1 N–H and O–H groups in total. The average Bonchev–Trinajstić information content (AvgIpc) is 2.93. The first kappa shape index (κ1) is 14.4. The highest BCUT2D eigenvalue weighted by atomic mass is 35.5. The molecule has 3 heterocycles. The van der Waals surface area contributed by atoms with Crippen molar-refractivity contribution in [2.75, 3.05) is 19.6 Å². The summed E-state index contributed by atoms with van der Waals surface area (Å²) in [7, 11) is 0. The zero-order chi connectivity index (χ0) is 12.9. The molecule has 0 bridgehead atoms. The van der Waals surface area contributed by atoms with Gasteiger partial charge in [-0.1, -0.05) is 0 Å². The van der Waals surface area contributed by atoms with Gasteiger partial charge >= 0.3 is 0 Å². The van der Waals surface area contributed by atoms with Gasteiger partial charge in [-0.2, -0.15) is 0 Å². The van der Waals surface area contributed by atoms with Gasteiger partial charge in [0.15, 0.2) is 0 Å². The molecule has 1 saturated carbocycles. The van der Waals surface area contributed by atoms with E-state index in [2.05, 4.69) is 21.7 Å². The predicted molar refractivity (Wildman–Crippen MR) is 83.3 cm³/mol. The predicted octanol–water partition coefficient (Wildman–Crippen LogP) is 2.44. The summed E-state index contributed by atoms with van der Waals surface area (Å²) in [5, 5.41) is 5.56. The highest BCUT2D eigenvalue weighted by molar-refractivity contribution is 7.10. The summed E-state index contributed by atoms with van der Waals surface area (Å²) in [6.45, 7) is 3.97. The van der Waals surface area contributed by atoms with Crippen LogP contribution in [0.15, 0.2) is 11.4 Å². The number of carbonyl (C=O) groups is 1. The van der Waals surface area contributed by atoms with E-state index in [-0.39, 0.29) is 12.4 Å². The first-order valence-corrected chi connectivity index (χ1v) is 8.21. The molecule has 1 aromatic heterocycles. The Morgan fingerprint density at radius 3 is 3.00 bits per heavy atom. The second-order valence-electron chi connectivity index (χ2n) is 6.25. The topological polar surface area (TPSA) is 32.3 Å². The number of nitrogens with one attached hydrogen (secondary N) is 1. The third-order valence-electron chi connectivity index (χ3n) is 5.21. The highest BCUT2D eigenvalue weighted by Gasteiger charge is 2.58. The normalized spacial score (nSPS) is 26.8. The quantitative estimate of drug-likeness (QED) is 0.864. The number of amides is 1. The SMILES string of the molecule is Cl.O=C(C1CC12CCNCC2)N1CCc2sccc2C1. The van der Waals surface area contributed by atoms with Crippen molar-refractivity contribution in [3.63, 3.8) is 0 Å². The fraction of sp³-hybridized carbons (Fsp3) is 0.667. The van der Waals surface area contributed by atoms with E-state index in [1.165, 1.54) is 23.3 Å². The Labute approximate surface area is 130 Å². The Hall–Kier alpha value is -0.580. The minimum atomic E-state index is 0. The number of piperidine rings is 1. The smallest absolute Gasteiger partial charge is 0.226 e. The number of hydrogen-bond acceptors (Lipinski definition) is 3. The van der Waals surface area contributed by atoms with Crippen LogP contribution in [0.4, 0.5) is 0 Å². The third kappa shape index (κ3) is 2.28. The number of halogens is 1. The number of thiophene rings is 1. The standard InChI is InChI=1S/C15H20N2OS.ClH/c18-14(12-9-15(12)3-5-16-6-4-15)17-7-1-13-11(10-17)2-8-19-13;/h2,8,12,16H,1,3-7,9-10H2;1H. The molecular formula is C15H21ClN2OS. The fourth-order valence-corrected chi connectivity index (χ4v) is 4.72. The Morgan fingerprint density at radius 2 is 2.20 bits per heavy atom. The van der Waals surface area contributed by atoms with Crippen molar-refractivity contribution in [1.29, 1.82) is 0 Å². The van der Waals surface area contributed by atoms with Gasteiger partial charge in [0, 0.05) is 23.9 Å². The third-order valence-corrected chi connectivity index (χ3v) is 6.23.